The molecule has 4 nitrogen and oxygen atoms in total. The monoisotopic (exact) mass is 245 g/mol. The molecule has 1 heterocycles. The second-order valence-electron chi connectivity index (χ2n) is 4.62. The molecule has 92 valence electrons. The predicted molar refractivity (Wildman–Crippen MR) is 65.7 cm³/mol. The smallest absolute Gasteiger partial charge is 0.138 e. The molecule has 2 rings (SSSR count). The normalized spacial score (nSPS) is 17.7. The topological polar surface area (TPSA) is 64.1 Å². The van der Waals surface area contributed by atoms with Crippen molar-refractivity contribution in [3.8, 4) is 0 Å². The molecule has 1 saturated carbocycles. The molecule has 1 aliphatic carbocycles. The number of nitrogens with one attached hydrogen (secondary N) is 1. The van der Waals surface area contributed by atoms with Crippen LogP contribution >= 0.6 is 12.4 Å². The van der Waals surface area contributed by atoms with Gasteiger partial charge in [0.1, 0.15) is 5.76 Å². The van der Waals surface area contributed by atoms with E-state index >= 15 is 0 Å². The van der Waals surface area contributed by atoms with Gasteiger partial charge < -0.3 is 15.6 Å². The summed E-state index contributed by atoms with van der Waals surface area (Å²) < 4.78 is 5.10. The first kappa shape index (κ1) is 13.5. The van der Waals surface area contributed by atoms with Gasteiger partial charge >= 0.3 is 0 Å². The molecule has 0 radical (unpaired) electrons. The van der Waals surface area contributed by atoms with Crippen molar-refractivity contribution in [2.75, 3.05) is 6.54 Å². The van der Waals surface area contributed by atoms with E-state index in [-0.39, 0.29) is 17.9 Å². The van der Waals surface area contributed by atoms with E-state index in [0.717, 1.165) is 42.9 Å². The maximum atomic E-state index is 6.12. The maximum Gasteiger partial charge on any atom is 0.138 e. The van der Waals surface area contributed by atoms with E-state index < -0.39 is 0 Å². The van der Waals surface area contributed by atoms with Crippen LogP contribution < -0.4 is 11.1 Å². The van der Waals surface area contributed by atoms with Gasteiger partial charge in [-0.25, -0.2) is 0 Å². The molecule has 0 saturated heterocycles. The number of halogens is 1. The van der Waals surface area contributed by atoms with Gasteiger partial charge in [-0.05, 0) is 33.1 Å². The van der Waals surface area contributed by atoms with Crippen LogP contribution in [-0.2, 0) is 6.54 Å². The minimum atomic E-state index is 0. The first-order valence-corrected chi connectivity index (χ1v) is 5.52. The highest BCUT2D eigenvalue weighted by atomic mass is 35.5. The fourth-order valence-corrected chi connectivity index (χ4v) is 2.00. The van der Waals surface area contributed by atoms with Gasteiger partial charge in [0, 0.05) is 24.2 Å². The molecule has 1 fully saturated rings. The Hall–Kier alpha value is -0.580. The fraction of sp³-hybridized carbons (Fsp3) is 0.727. The fourth-order valence-electron chi connectivity index (χ4n) is 2.00. The molecule has 1 aromatic heterocycles. The van der Waals surface area contributed by atoms with Crippen LogP contribution in [0.15, 0.2) is 4.52 Å². The van der Waals surface area contributed by atoms with Crippen LogP contribution in [-0.4, -0.2) is 17.2 Å². The Morgan fingerprint density at radius 2 is 2.12 bits per heavy atom. The van der Waals surface area contributed by atoms with E-state index in [0.29, 0.717) is 0 Å². The van der Waals surface area contributed by atoms with Gasteiger partial charge in [0.05, 0.1) is 5.69 Å². The summed E-state index contributed by atoms with van der Waals surface area (Å²) in [5.41, 5.74) is 8.29. The Labute approximate surface area is 102 Å². The molecule has 0 spiro atoms. The van der Waals surface area contributed by atoms with Gasteiger partial charge in [0.2, 0.25) is 0 Å². The lowest BCUT2D eigenvalue weighted by atomic mass is 9.78. The third-order valence-electron chi connectivity index (χ3n) is 3.31. The number of nitrogens with zero attached hydrogens (tertiary/aromatic N) is 1. The molecule has 5 heteroatoms. The molecule has 1 aromatic rings. The van der Waals surface area contributed by atoms with Gasteiger partial charge in [0.15, 0.2) is 0 Å². The summed E-state index contributed by atoms with van der Waals surface area (Å²) in [5.74, 6) is 0.902. The van der Waals surface area contributed by atoms with Crippen molar-refractivity contribution in [1.29, 1.82) is 0 Å². The number of rotatable bonds is 4. The Balaban J connectivity index is 0.00000128. The standard InChI is InChI=1S/C11H19N3O.ClH/c1-8-10(9(2)15-14-8)6-13-7-11(12)4-3-5-11;/h13H,3-7,12H2,1-2H3;1H. The summed E-state index contributed by atoms with van der Waals surface area (Å²) >= 11 is 0. The van der Waals surface area contributed by atoms with E-state index in [1.54, 1.807) is 0 Å². The summed E-state index contributed by atoms with van der Waals surface area (Å²) in [7, 11) is 0. The molecule has 0 unspecified atom stereocenters. The predicted octanol–water partition coefficient (Wildman–Crippen LogP) is 1.68. The molecule has 3 N–H and O–H groups in total. The molecule has 16 heavy (non-hydrogen) atoms. The Morgan fingerprint density at radius 3 is 2.56 bits per heavy atom. The minimum absolute atomic E-state index is 0. The van der Waals surface area contributed by atoms with Crippen LogP contribution in [0.25, 0.3) is 0 Å². The number of aromatic nitrogens is 1. The van der Waals surface area contributed by atoms with E-state index in [9.17, 15) is 0 Å². The molecule has 0 amide bonds. The van der Waals surface area contributed by atoms with Crippen LogP contribution in [0.3, 0.4) is 0 Å². The lowest BCUT2D eigenvalue weighted by molar-refractivity contribution is 0.238. The average molecular weight is 246 g/mol. The van der Waals surface area contributed by atoms with Crippen LogP contribution in [0, 0.1) is 13.8 Å². The summed E-state index contributed by atoms with van der Waals surface area (Å²) in [6, 6.07) is 0. The lowest BCUT2D eigenvalue weighted by Gasteiger charge is -2.38. The zero-order chi connectivity index (χ0) is 10.9. The quantitative estimate of drug-likeness (QED) is 0.847. The Morgan fingerprint density at radius 1 is 1.44 bits per heavy atom. The van der Waals surface area contributed by atoms with Gasteiger partial charge in [-0.2, -0.15) is 0 Å². The first-order valence-electron chi connectivity index (χ1n) is 5.52. The van der Waals surface area contributed by atoms with Crippen molar-refractivity contribution >= 4 is 12.4 Å². The second-order valence-corrected chi connectivity index (χ2v) is 4.62. The van der Waals surface area contributed by atoms with Crippen molar-refractivity contribution in [1.82, 2.24) is 10.5 Å². The number of hydrogen-bond donors (Lipinski definition) is 2. The minimum Gasteiger partial charge on any atom is -0.361 e. The maximum absolute atomic E-state index is 6.12. The van der Waals surface area contributed by atoms with Crippen molar-refractivity contribution in [3.05, 3.63) is 17.0 Å². The third-order valence-corrected chi connectivity index (χ3v) is 3.31. The Kier molecular flexibility index (Phi) is 4.35. The number of nitrogens with two attached hydrogens (primary N) is 1. The molecular formula is C11H20ClN3O. The highest BCUT2D eigenvalue weighted by molar-refractivity contribution is 5.85. The molecular weight excluding hydrogens is 226 g/mol. The molecule has 1 aliphatic rings. The third kappa shape index (κ3) is 2.75. The van der Waals surface area contributed by atoms with Crippen molar-refractivity contribution in [3.63, 3.8) is 0 Å². The van der Waals surface area contributed by atoms with Gasteiger partial charge in [0.25, 0.3) is 0 Å². The van der Waals surface area contributed by atoms with Crippen LogP contribution in [0.5, 0.6) is 0 Å². The number of aryl methyl sites for hydroxylation is 2. The first-order chi connectivity index (χ1) is 7.11. The van der Waals surface area contributed by atoms with E-state index in [4.69, 9.17) is 10.3 Å². The number of hydrogen-bond acceptors (Lipinski definition) is 4. The average Bonchev–Trinajstić information content (AvgIpc) is 2.46. The van der Waals surface area contributed by atoms with E-state index in [1.807, 2.05) is 13.8 Å². The highest BCUT2D eigenvalue weighted by Gasteiger charge is 2.31. The van der Waals surface area contributed by atoms with Crippen LogP contribution in [0.2, 0.25) is 0 Å². The lowest BCUT2D eigenvalue weighted by Crippen LogP contribution is -2.53. The zero-order valence-corrected chi connectivity index (χ0v) is 10.7. The van der Waals surface area contributed by atoms with Crippen LogP contribution in [0.1, 0.15) is 36.3 Å². The van der Waals surface area contributed by atoms with E-state index in [1.165, 1.54) is 6.42 Å². The van der Waals surface area contributed by atoms with Crippen molar-refractivity contribution in [2.45, 2.75) is 45.2 Å². The largest absolute Gasteiger partial charge is 0.361 e. The summed E-state index contributed by atoms with van der Waals surface area (Å²) in [5, 5.41) is 7.31. The van der Waals surface area contributed by atoms with Gasteiger partial charge in [-0.15, -0.1) is 12.4 Å². The summed E-state index contributed by atoms with van der Waals surface area (Å²) in [6.07, 6.45) is 3.55. The van der Waals surface area contributed by atoms with Gasteiger partial charge in [-0.3, -0.25) is 0 Å². The second kappa shape index (κ2) is 5.17. The Bertz CT molecular complexity index is 327. The molecule has 0 aromatic carbocycles. The summed E-state index contributed by atoms with van der Waals surface area (Å²) in [6.45, 7) is 5.60. The zero-order valence-electron chi connectivity index (χ0n) is 9.88. The van der Waals surface area contributed by atoms with Gasteiger partial charge in [-0.1, -0.05) is 5.16 Å². The van der Waals surface area contributed by atoms with Crippen LogP contribution in [0.4, 0.5) is 0 Å². The molecule has 0 bridgehead atoms. The molecule has 0 atom stereocenters. The van der Waals surface area contributed by atoms with Crippen molar-refractivity contribution in [2.24, 2.45) is 5.73 Å². The SMILES string of the molecule is Cc1noc(C)c1CNCC1(N)CCC1.Cl. The summed E-state index contributed by atoms with van der Waals surface area (Å²) in [4.78, 5) is 0. The van der Waals surface area contributed by atoms with Crippen molar-refractivity contribution < 1.29 is 4.52 Å². The molecule has 0 aliphatic heterocycles. The van der Waals surface area contributed by atoms with E-state index in [2.05, 4.69) is 10.5 Å². The highest BCUT2D eigenvalue weighted by Crippen LogP contribution is 2.28.